The third kappa shape index (κ3) is 9.32. The molecule has 0 aliphatic carbocycles. The number of carboxylic acid groups (broad SMARTS) is 1. The van der Waals surface area contributed by atoms with Gasteiger partial charge in [-0.05, 0) is 12.8 Å². The van der Waals surface area contributed by atoms with Gasteiger partial charge in [0.2, 0.25) is 0 Å². The van der Waals surface area contributed by atoms with Crippen LogP contribution in [0.3, 0.4) is 0 Å². The van der Waals surface area contributed by atoms with E-state index in [2.05, 4.69) is 12.2 Å². The van der Waals surface area contributed by atoms with Crippen molar-refractivity contribution in [2.45, 2.75) is 77.7 Å². The molecule has 1 unspecified atom stereocenters. The number of carbonyl (C=O) groups is 2. The Morgan fingerprint density at radius 3 is 2.00 bits per heavy atom. The fraction of sp³-hybridized carbons (Fsp3) is 0.875. The van der Waals surface area contributed by atoms with Gasteiger partial charge >= 0.3 is 12.0 Å². The number of nitrogens with zero attached hydrogens (tertiary/aromatic N) is 1. The molecule has 21 heavy (non-hydrogen) atoms. The molecule has 2 N–H and O–H groups in total. The van der Waals surface area contributed by atoms with E-state index in [1.54, 1.807) is 6.92 Å². The summed E-state index contributed by atoms with van der Waals surface area (Å²) in [5, 5.41) is 11.8. The zero-order valence-electron chi connectivity index (χ0n) is 13.9. The summed E-state index contributed by atoms with van der Waals surface area (Å²) >= 11 is 0. The number of hydrogen-bond acceptors (Lipinski definition) is 2. The van der Waals surface area contributed by atoms with Crippen molar-refractivity contribution in [3.05, 3.63) is 0 Å². The van der Waals surface area contributed by atoms with Crippen LogP contribution in [0.15, 0.2) is 0 Å². The normalized spacial score (nSPS) is 12.0. The van der Waals surface area contributed by atoms with Gasteiger partial charge in [-0.25, -0.2) is 9.59 Å². The largest absolute Gasteiger partial charge is 0.480 e. The molecule has 0 aromatic heterocycles. The lowest BCUT2D eigenvalue weighted by atomic mass is 10.1. The van der Waals surface area contributed by atoms with E-state index in [4.69, 9.17) is 5.11 Å². The van der Waals surface area contributed by atoms with E-state index < -0.39 is 12.0 Å². The zero-order chi connectivity index (χ0) is 16.1. The SMILES string of the molecule is CCCCCCCCCCNC(=O)N(C)C(CC)C(=O)O. The minimum absolute atomic E-state index is 0.299. The highest BCUT2D eigenvalue weighted by Crippen LogP contribution is 2.08. The highest BCUT2D eigenvalue weighted by atomic mass is 16.4. The first-order valence-electron chi connectivity index (χ1n) is 8.28. The number of unbranched alkanes of at least 4 members (excludes halogenated alkanes) is 7. The van der Waals surface area contributed by atoms with Gasteiger partial charge in [0.15, 0.2) is 0 Å². The Hall–Kier alpha value is -1.26. The molecule has 0 fully saturated rings. The first-order valence-corrected chi connectivity index (χ1v) is 8.28. The highest BCUT2D eigenvalue weighted by molar-refractivity contribution is 5.82. The summed E-state index contributed by atoms with van der Waals surface area (Å²) < 4.78 is 0. The number of nitrogens with one attached hydrogen (secondary N) is 1. The van der Waals surface area contributed by atoms with E-state index in [-0.39, 0.29) is 6.03 Å². The van der Waals surface area contributed by atoms with E-state index in [0.29, 0.717) is 13.0 Å². The summed E-state index contributed by atoms with van der Waals surface area (Å²) in [4.78, 5) is 24.1. The van der Waals surface area contributed by atoms with E-state index in [1.165, 1.54) is 50.5 Å². The summed E-state index contributed by atoms with van der Waals surface area (Å²) in [6, 6.07) is -1.05. The topological polar surface area (TPSA) is 69.6 Å². The minimum Gasteiger partial charge on any atom is -0.480 e. The predicted molar refractivity (Wildman–Crippen MR) is 85.5 cm³/mol. The molecule has 0 aromatic rings. The van der Waals surface area contributed by atoms with Crippen LogP contribution in [-0.4, -0.2) is 41.6 Å². The minimum atomic E-state index is -0.956. The summed E-state index contributed by atoms with van der Waals surface area (Å²) in [7, 11) is 1.53. The van der Waals surface area contributed by atoms with Gasteiger partial charge < -0.3 is 15.3 Å². The molecule has 0 radical (unpaired) electrons. The third-order valence-electron chi connectivity index (χ3n) is 3.77. The molecule has 124 valence electrons. The van der Waals surface area contributed by atoms with Crippen molar-refractivity contribution in [2.75, 3.05) is 13.6 Å². The highest BCUT2D eigenvalue weighted by Gasteiger charge is 2.24. The number of carbonyl (C=O) groups excluding carboxylic acids is 1. The quantitative estimate of drug-likeness (QED) is 0.541. The van der Waals surface area contributed by atoms with Crippen LogP contribution in [0.2, 0.25) is 0 Å². The molecule has 0 aliphatic heterocycles. The first kappa shape index (κ1) is 19.7. The molecule has 0 heterocycles. The lowest BCUT2D eigenvalue weighted by Crippen LogP contribution is -2.47. The molecule has 0 bridgehead atoms. The van der Waals surface area contributed by atoms with Crippen LogP contribution in [0, 0.1) is 0 Å². The van der Waals surface area contributed by atoms with Gasteiger partial charge in [0.05, 0.1) is 0 Å². The Morgan fingerprint density at radius 1 is 1.00 bits per heavy atom. The molecular formula is C16H32N2O3. The zero-order valence-corrected chi connectivity index (χ0v) is 13.9. The second-order valence-corrected chi connectivity index (χ2v) is 5.58. The number of urea groups is 1. The number of likely N-dealkylation sites (N-methyl/N-ethyl adjacent to an activating group) is 1. The average Bonchev–Trinajstić information content (AvgIpc) is 2.45. The molecule has 1 atom stereocenters. The number of hydrogen-bond donors (Lipinski definition) is 2. The number of carboxylic acids is 1. The van der Waals surface area contributed by atoms with Gasteiger partial charge in [0.1, 0.15) is 6.04 Å². The molecule has 0 aromatic carbocycles. The smallest absolute Gasteiger partial charge is 0.326 e. The van der Waals surface area contributed by atoms with E-state index in [9.17, 15) is 9.59 Å². The van der Waals surface area contributed by atoms with Gasteiger partial charge in [0, 0.05) is 13.6 Å². The van der Waals surface area contributed by atoms with Crippen LogP contribution in [0.5, 0.6) is 0 Å². The monoisotopic (exact) mass is 300 g/mol. The molecule has 5 heteroatoms. The van der Waals surface area contributed by atoms with Crippen molar-refractivity contribution in [3.8, 4) is 0 Å². The van der Waals surface area contributed by atoms with Crippen molar-refractivity contribution in [2.24, 2.45) is 0 Å². The molecule has 0 aliphatic rings. The van der Waals surface area contributed by atoms with Gasteiger partial charge in [-0.15, -0.1) is 0 Å². The van der Waals surface area contributed by atoms with Crippen LogP contribution in [0.25, 0.3) is 0 Å². The Bertz CT molecular complexity index is 295. The summed E-state index contributed by atoms with van der Waals surface area (Å²) in [6.45, 7) is 4.60. The van der Waals surface area contributed by atoms with Crippen molar-refractivity contribution < 1.29 is 14.7 Å². The maximum atomic E-state index is 11.8. The Balaban J connectivity index is 3.63. The summed E-state index contributed by atoms with van der Waals surface area (Å²) in [6.07, 6.45) is 10.2. The van der Waals surface area contributed by atoms with Crippen LogP contribution in [0.4, 0.5) is 4.79 Å². The van der Waals surface area contributed by atoms with Crippen molar-refractivity contribution >= 4 is 12.0 Å². The maximum Gasteiger partial charge on any atom is 0.326 e. The first-order chi connectivity index (χ1) is 10.0. The van der Waals surface area contributed by atoms with Gasteiger partial charge in [-0.1, -0.05) is 58.8 Å². The average molecular weight is 300 g/mol. The fourth-order valence-corrected chi connectivity index (χ4v) is 2.33. The van der Waals surface area contributed by atoms with Crippen LogP contribution in [0.1, 0.15) is 71.6 Å². The van der Waals surface area contributed by atoms with E-state index in [0.717, 1.165) is 12.8 Å². The Kier molecular flexibility index (Phi) is 11.7. The van der Waals surface area contributed by atoms with Gasteiger partial charge in [-0.3, -0.25) is 0 Å². The molecule has 0 rings (SSSR count). The second-order valence-electron chi connectivity index (χ2n) is 5.58. The number of amides is 2. The van der Waals surface area contributed by atoms with Crippen LogP contribution in [-0.2, 0) is 4.79 Å². The second kappa shape index (κ2) is 12.5. The molecular weight excluding hydrogens is 268 g/mol. The molecule has 0 saturated heterocycles. The molecule has 0 spiro atoms. The number of rotatable bonds is 12. The molecule has 2 amide bonds. The lowest BCUT2D eigenvalue weighted by Gasteiger charge is -2.23. The van der Waals surface area contributed by atoms with Crippen LogP contribution < -0.4 is 5.32 Å². The molecule has 5 nitrogen and oxygen atoms in total. The van der Waals surface area contributed by atoms with Gasteiger partial charge in [0.25, 0.3) is 0 Å². The lowest BCUT2D eigenvalue weighted by molar-refractivity contribution is -0.141. The predicted octanol–water partition coefficient (Wildman–Crippen LogP) is 3.63. The van der Waals surface area contributed by atoms with Crippen LogP contribution >= 0.6 is 0 Å². The fourth-order valence-electron chi connectivity index (χ4n) is 2.33. The van der Waals surface area contributed by atoms with Crippen molar-refractivity contribution in [1.82, 2.24) is 10.2 Å². The Morgan fingerprint density at radius 2 is 1.52 bits per heavy atom. The van der Waals surface area contributed by atoms with Crippen molar-refractivity contribution in [3.63, 3.8) is 0 Å². The summed E-state index contributed by atoms with van der Waals surface area (Å²) in [5.74, 6) is -0.956. The third-order valence-corrected chi connectivity index (χ3v) is 3.77. The number of aliphatic carboxylic acids is 1. The standard InChI is InChI=1S/C16H32N2O3/c1-4-6-7-8-9-10-11-12-13-17-16(21)18(3)14(5-2)15(19)20/h14H,4-13H2,1-3H3,(H,17,21)(H,19,20). The Labute approximate surface area is 129 Å². The van der Waals surface area contributed by atoms with Crippen molar-refractivity contribution in [1.29, 1.82) is 0 Å². The maximum absolute atomic E-state index is 11.8. The van der Waals surface area contributed by atoms with E-state index >= 15 is 0 Å². The van der Waals surface area contributed by atoms with E-state index in [1.807, 2.05) is 0 Å². The molecule has 0 saturated carbocycles. The summed E-state index contributed by atoms with van der Waals surface area (Å²) in [5.41, 5.74) is 0. The van der Waals surface area contributed by atoms with Gasteiger partial charge in [-0.2, -0.15) is 0 Å².